The zero-order chi connectivity index (χ0) is 15.3. The van der Waals surface area contributed by atoms with Crippen molar-refractivity contribution in [1.82, 2.24) is 4.72 Å². The van der Waals surface area contributed by atoms with E-state index < -0.39 is 40.9 Å². The number of nitrogens with zero attached hydrogens (tertiary/aromatic N) is 1. The van der Waals surface area contributed by atoms with E-state index in [1.165, 1.54) is 0 Å². The van der Waals surface area contributed by atoms with E-state index in [0.29, 0.717) is 17.4 Å². The third-order valence-electron chi connectivity index (χ3n) is 2.73. The van der Waals surface area contributed by atoms with Crippen LogP contribution in [-0.4, -0.2) is 25.1 Å². The maximum Gasteiger partial charge on any atom is 0.407 e. The fourth-order valence-corrected chi connectivity index (χ4v) is 4.58. The Labute approximate surface area is 119 Å². The summed E-state index contributed by atoms with van der Waals surface area (Å²) < 4.78 is 62.3. The molecular formula is C8H6ClF3N2O4S2. The summed E-state index contributed by atoms with van der Waals surface area (Å²) in [4.78, 5) is 9.64. The Morgan fingerprint density at radius 3 is 2.35 bits per heavy atom. The minimum Gasteiger partial charge on any atom is -0.258 e. The first-order chi connectivity index (χ1) is 8.98. The molecule has 12 heteroatoms. The molecule has 0 spiro atoms. The lowest BCUT2D eigenvalue weighted by Gasteiger charge is -2.19. The molecule has 0 radical (unpaired) electrons. The molecule has 0 aliphatic heterocycles. The number of sulfonamides is 1. The second-order valence-electron chi connectivity index (χ2n) is 4.17. The van der Waals surface area contributed by atoms with Gasteiger partial charge in [-0.2, -0.15) is 17.9 Å². The van der Waals surface area contributed by atoms with Gasteiger partial charge in [0.15, 0.2) is 4.34 Å². The summed E-state index contributed by atoms with van der Waals surface area (Å²) in [6, 6.07) is 0.641. The van der Waals surface area contributed by atoms with Crippen molar-refractivity contribution in [2.24, 2.45) is 0 Å². The number of thiophene rings is 1. The Hall–Kier alpha value is -0.910. The predicted molar refractivity (Wildman–Crippen MR) is 64.3 cm³/mol. The maximum atomic E-state index is 12.7. The molecule has 0 unspecified atom stereocenters. The topological polar surface area (TPSA) is 89.3 Å². The number of nitrogens with one attached hydrogen (secondary N) is 1. The molecule has 0 atom stereocenters. The highest BCUT2D eigenvalue weighted by Crippen LogP contribution is 2.50. The molecule has 1 aliphatic rings. The molecule has 0 amide bonds. The van der Waals surface area contributed by atoms with Gasteiger partial charge in [0.05, 0.1) is 4.92 Å². The van der Waals surface area contributed by atoms with Gasteiger partial charge in [-0.3, -0.25) is 10.1 Å². The second-order valence-corrected chi connectivity index (χ2v) is 7.73. The molecule has 1 saturated carbocycles. The van der Waals surface area contributed by atoms with E-state index in [9.17, 15) is 31.7 Å². The summed E-state index contributed by atoms with van der Waals surface area (Å²) in [6.45, 7) is 0. The Bertz CT molecular complexity index is 666. The fourth-order valence-electron chi connectivity index (χ4n) is 1.47. The fraction of sp³-hybridized carbons (Fsp3) is 0.500. The van der Waals surface area contributed by atoms with Gasteiger partial charge in [-0.05, 0) is 12.8 Å². The molecule has 0 saturated heterocycles. The van der Waals surface area contributed by atoms with E-state index in [0.717, 1.165) is 0 Å². The highest BCUT2D eigenvalue weighted by molar-refractivity contribution is 7.91. The van der Waals surface area contributed by atoms with Crippen LogP contribution in [0.25, 0.3) is 0 Å². The van der Waals surface area contributed by atoms with Crippen molar-refractivity contribution in [1.29, 1.82) is 0 Å². The maximum absolute atomic E-state index is 12.7. The van der Waals surface area contributed by atoms with Gasteiger partial charge in [-0.25, -0.2) is 8.42 Å². The molecule has 6 nitrogen and oxygen atoms in total. The largest absolute Gasteiger partial charge is 0.407 e. The first kappa shape index (κ1) is 15.5. The van der Waals surface area contributed by atoms with E-state index in [4.69, 9.17) is 11.6 Å². The van der Waals surface area contributed by atoms with Crippen molar-refractivity contribution in [2.45, 2.75) is 28.8 Å². The minimum atomic E-state index is -4.72. The van der Waals surface area contributed by atoms with Gasteiger partial charge in [-0.15, -0.1) is 11.3 Å². The van der Waals surface area contributed by atoms with Crippen LogP contribution in [-0.2, 0) is 10.0 Å². The second kappa shape index (κ2) is 4.55. The van der Waals surface area contributed by atoms with Crippen LogP contribution in [0.4, 0.5) is 18.9 Å². The zero-order valence-corrected chi connectivity index (χ0v) is 11.8. The molecule has 1 fully saturated rings. The summed E-state index contributed by atoms with van der Waals surface area (Å²) >= 11 is 5.82. The van der Waals surface area contributed by atoms with Crippen molar-refractivity contribution in [3.63, 3.8) is 0 Å². The molecule has 1 heterocycles. The smallest absolute Gasteiger partial charge is 0.258 e. The quantitative estimate of drug-likeness (QED) is 0.667. The number of alkyl halides is 3. The van der Waals surface area contributed by atoms with Crippen LogP contribution in [0, 0.1) is 10.1 Å². The van der Waals surface area contributed by atoms with Crippen LogP contribution >= 0.6 is 22.9 Å². The lowest BCUT2D eigenvalue weighted by Crippen LogP contribution is -2.47. The third-order valence-corrected chi connectivity index (χ3v) is 6.08. The normalized spacial score (nSPS) is 18.0. The first-order valence-corrected chi connectivity index (χ1v) is 7.71. The molecule has 2 rings (SSSR count). The van der Waals surface area contributed by atoms with E-state index in [1.54, 1.807) is 4.72 Å². The summed E-state index contributed by atoms with van der Waals surface area (Å²) in [5.74, 6) is 0. The standard InChI is InChI=1S/C8H6ClF3N2O4S2/c9-6-4(14(15)16)3-5(19-6)20(17,18)13-7(1-2-7)8(10,11)12/h3,13H,1-2H2. The third kappa shape index (κ3) is 2.62. The van der Waals surface area contributed by atoms with Crippen LogP contribution in [0.3, 0.4) is 0 Å². The van der Waals surface area contributed by atoms with Gasteiger partial charge in [0.2, 0.25) is 0 Å². The number of halogens is 4. The predicted octanol–water partition coefficient (Wildman–Crippen LogP) is 2.68. The van der Waals surface area contributed by atoms with E-state index in [1.807, 2.05) is 0 Å². The minimum absolute atomic E-state index is 0.335. The zero-order valence-electron chi connectivity index (χ0n) is 9.40. The van der Waals surface area contributed by atoms with Gasteiger partial charge >= 0.3 is 6.18 Å². The lowest BCUT2D eigenvalue weighted by atomic mass is 10.3. The average Bonchev–Trinajstić information content (AvgIpc) is 2.91. The Morgan fingerprint density at radius 2 is 2.00 bits per heavy atom. The van der Waals surface area contributed by atoms with Crippen LogP contribution in [0.15, 0.2) is 10.3 Å². The number of hydrogen-bond acceptors (Lipinski definition) is 5. The number of rotatable bonds is 4. The molecular weight excluding hydrogens is 345 g/mol. The van der Waals surface area contributed by atoms with Gasteiger partial charge in [0, 0.05) is 6.07 Å². The Kier molecular flexibility index (Phi) is 3.52. The highest BCUT2D eigenvalue weighted by atomic mass is 35.5. The average molecular weight is 351 g/mol. The lowest BCUT2D eigenvalue weighted by molar-refractivity contribution is -0.384. The Morgan fingerprint density at radius 1 is 1.45 bits per heavy atom. The summed E-state index contributed by atoms with van der Waals surface area (Å²) in [5, 5.41) is 10.6. The van der Waals surface area contributed by atoms with Crippen molar-refractivity contribution in [2.75, 3.05) is 0 Å². The summed E-state index contributed by atoms with van der Waals surface area (Å²) in [7, 11) is -4.51. The van der Waals surface area contributed by atoms with Crippen molar-refractivity contribution in [3.8, 4) is 0 Å². The Balaban J connectivity index is 2.33. The molecule has 20 heavy (non-hydrogen) atoms. The van der Waals surface area contributed by atoms with Crippen LogP contribution in [0.1, 0.15) is 12.8 Å². The van der Waals surface area contributed by atoms with Crippen molar-refractivity contribution in [3.05, 3.63) is 20.5 Å². The monoisotopic (exact) mass is 350 g/mol. The van der Waals surface area contributed by atoms with Gasteiger partial charge in [0.1, 0.15) is 9.75 Å². The molecule has 1 aromatic heterocycles. The van der Waals surface area contributed by atoms with Crippen LogP contribution in [0.2, 0.25) is 4.34 Å². The molecule has 1 aliphatic carbocycles. The van der Waals surface area contributed by atoms with E-state index >= 15 is 0 Å². The van der Waals surface area contributed by atoms with Gasteiger partial charge in [0.25, 0.3) is 15.7 Å². The molecule has 0 bridgehead atoms. The van der Waals surface area contributed by atoms with E-state index in [2.05, 4.69) is 0 Å². The highest BCUT2D eigenvalue weighted by Gasteiger charge is 2.65. The van der Waals surface area contributed by atoms with Gasteiger partial charge in [-0.1, -0.05) is 11.6 Å². The number of hydrogen-bond donors (Lipinski definition) is 1. The summed E-state index contributed by atoms with van der Waals surface area (Å²) in [5.41, 5.74) is -3.13. The van der Waals surface area contributed by atoms with E-state index in [-0.39, 0.29) is 12.8 Å². The molecule has 112 valence electrons. The SMILES string of the molecule is O=[N+]([O-])c1cc(S(=O)(=O)NC2(C(F)(F)F)CC2)sc1Cl. The van der Waals surface area contributed by atoms with Crippen molar-refractivity contribution >= 4 is 38.6 Å². The number of nitro groups is 1. The summed E-state index contributed by atoms with van der Waals surface area (Å²) in [6.07, 6.45) is -5.44. The van der Waals surface area contributed by atoms with Crippen LogP contribution < -0.4 is 4.72 Å². The van der Waals surface area contributed by atoms with Gasteiger partial charge < -0.3 is 0 Å². The van der Waals surface area contributed by atoms with Crippen molar-refractivity contribution < 1.29 is 26.5 Å². The molecule has 1 N–H and O–H groups in total. The van der Waals surface area contributed by atoms with Crippen LogP contribution in [0.5, 0.6) is 0 Å². The molecule has 0 aromatic carbocycles. The first-order valence-electron chi connectivity index (χ1n) is 5.03. The molecule has 1 aromatic rings.